The molecule has 4 nitrogen and oxygen atoms in total. The van der Waals surface area contributed by atoms with Gasteiger partial charge in [-0.05, 0) is 0 Å². The van der Waals surface area contributed by atoms with Crippen LogP contribution in [-0.2, 0) is 17.1 Å². The molecule has 0 radical (unpaired) electrons. The number of carbonyl (C=O) groups excluding carboxylic acids is 2. The first-order valence-corrected chi connectivity index (χ1v) is 9.33. The van der Waals surface area contributed by atoms with Gasteiger partial charge in [0.05, 0.1) is 0 Å². The van der Waals surface area contributed by atoms with E-state index in [0.717, 1.165) is 0 Å². The van der Waals surface area contributed by atoms with Crippen molar-refractivity contribution in [2.45, 2.75) is 0 Å². The number of allylic oxidation sites excluding steroid dienone is 12. The van der Waals surface area contributed by atoms with Crippen LogP contribution in [0.15, 0.2) is 132 Å². The third-order valence-electron chi connectivity index (χ3n) is 4.37. The van der Waals surface area contributed by atoms with Crippen molar-refractivity contribution in [3.8, 4) is 0 Å². The largest absolute Gasteiger partial charge is 0.504 e. The Morgan fingerprint density at radius 1 is 0.516 bits per heavy atom. The maximum Gasteiger partial charge on any atom is 0.227 e. The van der Waals surface area contributed by atoms with Gasteiger partial charge in [0.2, 0.25) is 11.6 Å². The van der Waals surface area contributed by atoms with E-state index in [0.29, 0.717) is 22.3 Å². The molecule has 0 atom stereocenters. The summed E-state index contributed by atoms with van der Waals surface area (Å²) < 4.78 is 0. The van der Waals surface area contributed by atoms with Gasteiger partial charge in [0.15, 0.2) is 11.5 Å². The van der Waals surface area contributed by atoms with E-state index in [1.165, 1.54) is 0 Å². The molecule has 31 heavy (non-hydrogen) atoms. The molecule has 2 N–H and O–H groups in total. The average molecular weight is 452 g/mol. The Morgan fingerprint density at radius 3 is 1.10 bits per heavy atom. The van der Waals surface area contributed by atoms with Crippen LogP contribution in [0, 0.1) is 0 Å². The fourth-order valence-electron chi connectivity index (χ4n) is 2.78. The van der Waals surface area contributed by atoms with Crippen molar-refractivity contribution in [1.82, 2.24) is 0 Å². The summed E-state index contributed by atoms with van der Waals surface area (Å²) in [5.74, 6) is -1.10. The molecule has 0 fully saturated rings. The van der Waals surface area contributed by atoms with Gasteiger partial charge in [0.25, 0.3) is 0 Å². The number of hydrogen-bond donors (Lipinski definition) is 2. The van der Waals surface area contributed by atoms with Crippen molar-refractivity contribution in [1.29, 1.82) is 0 Å². The minimum Gasteiger partial charge on any atom is -0.504 e. The molecule has 2 aromatic carbocycles. The molecule has 0 heterocycles. The molecule has 2 aliphatic carbocycles. The second-order valence-corrected chi connectivity index (χ2v) is 6.43. The minimum atomic E-state index is -0.346. The topological polar surface area (TPSA) is 74.6 Å². The number of ketones is 2. The van der Waals surface area contributed by atoms with Gasteiger partial charge >= 0.3 is 0 Å². The molecule has 4 rings (SSSR count). The Balaban J connectivity index is 0.000000213. The number of rotatable bonds is 4. The number of hydrogen-bond acceptors (Lipinski definition) is 4. The van der Waals surface area contributed by atoms with Gasteiger partial charge in [-0.1, -0.05) is 109 Å². The zero-order valence-electron chi connectivity index (χ0n) is 16.5. The summed E-state index contributed by atoms with van der Waals surface area (Å²) in [6.07, 6.45) is 13.9. The molecule has 0 unspecified atom stereocenters. The van der Waals surface area contributed by atoms with Crippen LogP contribution in [0.4, 0.5) is 0 Å². The average Bonchev–Trinajstić information content (AvgIpc) is 3.53. The molecule has 0 bridgehead atoms. The number of aliphatic hydroxyl groups is 2. The van der Waals surface area contributed by atoms with Crippen molar-refractivity contribution in [2.24, 2.45) is 0 Å². The molecule has 2 aliphatic rings. The Morgan fingerprint density at radius 2 is 0.806 bits per heavy atom. The molecular formula is C26H20FeO4. The summed E-state index contributed by atoms with van der Waals surface area (Å²) in [6, 6.07) is 17.5. The summed E-state index contributed by atoms with van der Waals surface area (Å²) in [6.45, 7) is 0. The van der Waals surface area contributed by atoms with Crippen LogP contribution in [0.25, 0.3) is 0 Å². The van der Waals surface area contributed by atoms with Crippen LogP contribution < -0.4 is 0 Å². The van der Waals surface area contributed by atoms with Crippen molar-refractivity contribution in [2.75, 3.05) is 0 Å². The fourth-order valence-corrected chi connectivity index (χ4v) is 2.78. The van der Waals surface area contributed by atoms with Crippen LogP contribution in [0.2, 0.25) is 0 Å². The monoisotopic (exact) mass is 452 g/mol. The second-order valence-electron chi connectivity index (χ2n) is 6.43. The van der Waals surface area contributed by atoms with E-state index < -0.39 is 0 Å². The third kappa shape index (κ3) is 6.16. The van der Waals surface area contributed by atoms with Gasteiger partial charge in [-0.2, -0.15) is 0 Å². The van der Waals surface area contributed by atoms with Crippen molar-refractivity contribution in [3.63, 3.8) is 0 Å². The predicted molar refractivity (Wildman–Crippen MR) is 117 cm³/mol. The van der Waals surface area contributed by atoms with E-state index in [9.17, 15) is 19.8 Å². The van der Waals surface area contributed by atoms with Gasteiger partial charge in [0.1, 0.15) is 0 Å². The standard InChI is InChI=1S/2C13H10O2.Fe/c2*14-12(10-6-2-1-3-7-10)13(15)11-8-4-5-9-11;/h2*1-9,15H;. The summed E-state index contributed by atoms with van der Waals surface area (Å²) in [7, 11) is 0. The van der Waals surface area contributed by atoms with E-state index in [4.69, 9.17) is 0 Å². The molecule has 156 valence electrons. The molecule has 2 aromatic rings. The molecular weight excluding hydrogens is 432 g/mol. The van der Waals surface area contributed by atoms with E-state index in [1.807, 2.05) is 12.1 Å². The molecule has 0 aromatic heterocycles. The molecule has 5 heteroatoms. The maximum atomic E-state index is 11.8. The van der Waals surface area contributed by atoms with Crippen LogP contribution in [0.1, 0.15) is 20.7 Å². The van der Waals surface area contributed by atoms with Gasteiger partial charge in [-0.3, -0.25) is 9.59 Å². The zero-order chi connectivity index (χ0) is 21.3. The maximum absolute atomic E-state index is 11.8. The molecule has 0 aliphatic heterocycles. The van der Waals surface area contributed by atoms with Crippen LogP contribution >= 0.6 is 0 Å². The number of aliphatic hydroxyl groups excluding tert-OH is 2. The van der Waals surface area contributed by atoms with Gasteiger partial charge in [-0.25, -0.2) is 0 Å². The Hall–Kier alpha value is -3.66. The Labute approximate surface area is 191 Å². The van der Waals surface area contributed by atoms with Gasteiger partial charge in [0, 0.05) is 39.3 Å². The van der Waals surface area contributed by atoms with Crippen LogP contribution in [0.5, 0.6) is 0 Å². The van der Waals surface area contributed by atoms with Crippen molar-refractivity contribution in [3.05, 3.63) is 143 Å². The molecule has 0 spiro atoms. The number of Topliss-reactive ketones (excluding diaryl/α,β-unsaturated/α-hetero) is 2. The third-order valence-corrected chi connectivity index (χ3v) is 4.37. The minimum absolute atomic E-state index is 0. The van der Waals surface area contributed by atoms with Crippen molar-refractivity contribution >= 4 is 11.6 Å². The Kier molecular flexibility index (Phi) is 8.77. The Bertz CT molecular complexity index is 999. The smallest absolute Gasteiger partial charge is 0.227 e. The van der Waals surface area contributed by atoms with Gasteiger partial charge in [-0.15, -0.1) is 0 Å². The van der Waals surface area contributed by atoms with Gasteiger partial charge < -0.3 is 10.2 Å². The summed E-state index contributed by atoms with van der Waals surface area (Å²) >= 11 is 0. The predicted octanol–water partition coefficient (Wildman–Crippen LogP) is 5.61. The second kappa shape index (κ2) is 11.5. The normalized spacial score (nSPS) is 12.8. The van der Waals surface area contributed by atoms with E-state index in [1.54, 1.807) is 97.1 Å². The van der Waals surface area contributed by atoms with E-state index in [2.05, 4.69) is 0 Å². The number of benzene rings is 2. The molecule has 0 amide bonds. The summed E-state index contributed by atoms with van der Waals surface area (Å²) in [4.78, 5) is 23.5. The first-order valence-electron chi connectivity index (χ1n) is 9.33. The fraction of sp³-hybridized carbons (Fsp3) is 0. The molecule has 0 saturated heterocycles. The van der Waals surface area contributed by atoms with Crippen molar-refractivity contribution < 1.29 is 36.9 Å². The quantitative estimate of drug-likeness (QED) is 0.274. The first kappa shape index (κ1) is 23.6. The van der Waals surface area contributed by atoms with E-state index >= 15 is 0 Å². The summed E-state index contributed by atoms with van der Waals surface area (Å²) in [5.41, 5.74) is 2.11. The first-order chi connectivity index (χ1) is 14.6. The number of carbonyl (C=O) groups is 2. The molecule has 0 saturated carbocycles. The van der Waals surface area contributed by atoms with E-state index in [-0.39, 0.29) is 40.2 Å². The van der Waals surface area contributed by atoms with Crippen LogP contribution in [-0.4, -0.2) is 21.8 Å². The summed E-state index contributed by atoms with van der Waals surface area (Å²) in [5, 5.41) is 19.4. The van der Waals surface area contributed by atoms with Crippen LogP contribution in [0.3, 0.4) is 0 Å². The zero-order valence-corrected chi connectivity index (χ0v) is 17.6. The SMILES string of the molecule is O=C(C(O)=C1C=CC=C1)c1ccccc1.O=C(C(O)=C1C=CC=C1)c1ccccc1.[Fe].